The molecule has 0 aliphatic carbocycles. The first-order valence-electron chi connectivity index (χ1n) is 7.08. The van der Waals surface area contributed by atoms with Crippen LogP contribution in [0, 0.1) is 0 Å². The first-order valence-corrected chi connectivity index (χ1v) is 7.08. The van der Waals surface area contributed by atoms with E-state index in [9.17, 15) is 9.59 Å². The standard InChI is InChI=1S/C15H24N2O2/c1-3-4-5-6-9-13(2)16-14(18)12-17-11-8-7-10-15(17)19/h7-8,10-11,13H,3-6,9,12H2,1-2H3,(H,16,18). The van der Waals surface area contributed by atoms with Crippen molar-refractivity contribution in [2.45, 2.75) is 58.5 Å². The van der Waals surface area contributed by atoms with Gasteiger partial charge in [0.2, 0.25) is 5.91 Å². The number of pyridine rings is 1. The van der Waals surface area contributed by atoms with Crippen molar-refractivity contribution >= 4 is 5.91 Å². The molecule has 106 valence electrons. The molecule has 1 amide bonds. The topological polar surface area (TPSA) is 51.1 Å². The molecule has 1 aromatic heterocycles. The number of hydrogen-bond acceptors (Lipinski definition) is 2. The van der Waals surface area contributed by atoms with Gasteiger partial charge in [-0.3, -0.25) is 9.59 Å². The van der Waals surface area contributed by atoms with E-state index >= 15 is 0 Å². The molecule has 4 nitrogen and oxygen atoms in total. The molecule has 4 heteroatoms. The van der Waals surface area contributed by atoms with Gasteiger partial charge in [-0.05, 0) is 19.4 Å². The summed E-state index contributed by atoms with van der Waals surface area (Å²) in [4.78, 5) is 23.3. The van der Waals surface area contributed by atoms with Crippen LogP contribution in [0.5, 0.6) is 0 Å². The summed E-state index contributed by atoms with van der Waals surface area (Å²) in [6.45, 7) is 4.29. The fraction of sp³-hybridized carbons (Fsp3) is 0.600. The number of amides is 1. The molecule has 0 aliphatic heterocycles. The minimum atomic E-state index is -0.145. The van der Waals surface area contributed by atoms with Crippen LogP contribution in [0.15, 0.2) is 29.2 Å². The van der Waals surface area contributed by atoms with Gasteiger partial charge in [-0.2, -0.15) is 0 Å². The summed E-state index contributed by atoms with van der Waals surface area (Å²) in [5.41, 5.74) is -0.145. The highest BCUT2D eigenvalue weighted by atomic mass is 16.2. The van der Waals surface area contributed by atoms with E-state index in [1.807, 2.05) is 6.92 Å². The van der Waals surface area contributed by atoms with Gasteiger partial charge in [-0.15, -0.1) is 0 Å². The lowest BCUT2D eigenvalue weighted by molar-refractivity contribution is -0.122. The molecule has 1 N–H and O–H groups in total. The highest BCUT2D eigenvalue weighted by Gasteiger charge is 2.08. The number of hydrogen-bond donors (Lipinski definition) is 1. The lowest BCUT2D eigenvalue weighted by Gasteiger charge is -2.14. The molecule has 0 spiro atoms. The zero-order chi connectivity index (χ0) is 14.1. The van der Waals surface area contributed by atoms with Crippen LogP contribution in [0.3, 0.4) is 0 Å². The molecule has 1 aromatic rings. The van der Waals surface area contributed by atoms with Crippen LogP contribution >= 0.6 is 0 Å². The molecule has 1 rings (SSSR count). The van der Waals surface area contributed by atoms with Crippen molar-refractivity contribution in [1.29, 1.82) is 0 Å². The van der Waals surface area contributed by atoms with Crippen molar-refractivity contribution in [3.05, 3.63) is 34.7 Å². The van der Waals surface area contributed by atoms with Crippen LogP contribution < -0.4 is 10.9 Å². The van der Waals surface area contributed by atoms with Gasteiger partial charge in [0, 0.05) is 18.3 Å². The predicted molar refractivity (Wildman–Crippen MR) is 77.1 cm³/mol. The van der Waals surface area contributed by atoms with E-state index in [0.717, 1.165) is 12.8 Å². The molecule has 0 fully saturated rings. The first kappa shape index (κ1) is 15.5. The average Bonchev–Trinajstić information content (AvgIpc) is 2.37. The molecule has 1 atom stereocenters. The fourth-order valence-corrected chi connectivity index (χ4v) is 2.02. The molecular weight excluding hydrogens is 240 g/mol. The molecule has 19 heavy (non-hydrogen) atoms. The summed E-state index contributed by atoms with van der Waals surface area (Å²) in [5, 5.41) is 2.93. The van der Waals surface area contributed by atoms with E-state index in [0.29, 0.717) is 0 Å². The number of nitrogens with one attached hydrogen (secondary N) is 1. The molecule has 0 aromatic carbocycles. The maximum Gasteiger partial charge on any atom is 0.250 e. The Bertz CT molecular complexity index is 440. The van der Waals surface area contributed by atoms with Gasteiger partial charge in [-0.1, -0.05) is 38.7 Å². The normalized spacial score (nSPS) is 12.1. The lowest BCUT2D eigenvalue weighted by Crippen LogP contribution is -2.37. The Hall–Kier alpha value is -1.58. The van der Waals surface area contributed by atoms with Crippen molar-refractivity contribution in [1.82, 2.24) is 9.88 Å². The minimum Gasteiger partial charge on any atom is -0.352 e. The van der Waals surface area contributed by atoms with Crippen LogP contribution in [0.25, 0.3) is 0 Å². The molecule has 0 saturated carbocycles. The minimum absolute atomic E-state index is 0.0962. The van der Waals surface area contributed by atoms with E-state index in [4.69, 9.17) is 0 Å². The Morgan fingerprint density at radius 3 is 2.79 bits per heavy atom. The molecule has 1 unspecified atom stereocenters. The Morgan fingerprint density at radius 1 is 1.32 bits per heavy atom. The third-order valence-corrected chi connectivity index (χ3v) is 3.11. The van der Waals surface area contributed by atoms with E-state index in [2.05, 4.69) is 12.2 Å². The van der Waals surface area contributed by atoms with Crippen molar-refractivity contribution in [3.63, 3.8) is 0 Å². The number of unbranched alkanes of at least 4 members (excludes halogenated alkanes) is 3. The van der Waals surface area contributed by atoms with Gasteiger partial charge in [0.05, 0.1) is 0 Å². The van der Waals surface area contributed by atoms with Crippen LogP contribution in [-0.2, 0) is 11.3 Å². The quantitative estimate of drug-likeness (QED) is 0.733. The van der Waals surface area contributed by atoms with Crippen LogP contribution in [0.1, 0.15) is 46.0 Å². The Kier molecular flexibility index (Phi) is 6.93. The second kappa shape index (κ2) is 8.51. The van der Waals surface area contributed by atoms with E-state index in [-0.39, 0.29) is 24.1 Å². The van der Waals surface area contributed by atoms with Crippen molar-refractivity contribution in [3.8, 4) is 0 Å². The number of carbonyl (C=O) groups excluding carboxylic acids is 1. The maximum atomic E-state index is 11.8. The van der Waals surface area contributed by atoms with Crippen LogP contribution in [0.2, 0.25) is 0 Å². The second-order valence-corrected chi connectivity index (χ2v) is 4.98. The number of aromatic nitrogens is 1. The van der Waals surface area contributed by atoms with Crippen LogP contribution in [-0.4, -0.2) is 16.5 Å². The highest BCUT2D eigenvalue weighted by molar-refractivity contribution is 5.75. The molecule has 0 bridgehead atoms. The summed E-state index contributed by atoms with van der Waals surface area (Å²) in [6, 6.07) is 5.06. The van der Waals surface area contributed by atoms with Crippen molar-refractivity contribution in [2.24, 2.45) is 0 Å². The van der Waals surface area contributed by atoms with Crippen molar-refractivity contribution in [2.75, 3.05) is 0 Å². The number of carbonyl (C=O) groups is 1. The SMILES string of the molecule is CCCCCCC(C)NC(=O)Cn1ccccc1=O. The second-order valence-electron chi connectivity index (χ2n) is 4.98. The molecule has 0 radical (unpaired) electrons. The Balaban J connectivity index is 2.31. The van der Waals surface area contributed by atoms with Gasteiger partial charge in [0.1, 0.15) is 6.54 Å². The number of nitrogens with zero attached hydrogens (tertiary/aromatic N) is 1. The number of rotatable bonds is 8. The molecule has 1 heterocycles. The summed E-state index contributed by atoms with van der Waals surface area (Å²) in [7, 11) is 0. The molecule has 0 aliphatic rings. The van der Waals surface area contributed by atoms with Gasteiger partial charge in [0.25, 0.3) is 5.56 Å². The maximum absolute atomic E-state index is 11.8. The van der Waals surface area contributed by atoms with Crippen molar-refractivity contribution < 1.29 is 4.79 Å². The summed E-state index contributed by atoms with van der Waals surface area (Å²) >= 11 is 0. The first-order chi connectivity index (χ1) is 9.13. The zero-order valence-electron chi connectivity index (χ0n) is 11.9. The lowest BCUT2D eigenvalue weighted by atomic mass is 10.1. The predicted octanol–water partition coefficient (Wildman–Crippen LogP) is 2.32. The van der Waals surface area contributed by atoms with Gasteiger partial charge >= 0.3 is 0 Å². The average molecular weight is 264 g/mol. The smallest absolute Gasteiger partial charge is 0.250 e. The summed E-state index contributed by atoms with van der Waals surface area (Å²) in [5.74, 6) is -0.101. The zero-order valence-corrected chi connectivity index (χ0v) is 11.9. The largest absolute Gasteiger partial charge is 0.352 e. The Morgan fingerprint density at radius 2 is 2.11 bits per heavy atom. The van der Waals surface area contributed by atoms with E-state index in [1.54, 1.807) is 18.3 Å². The summed E-state index contributed by atoms with van der Waals surface area (Å²) in [6.07, 6.45) is 7.45. The van der Waals surface area contributed by atoms with Gasteiger partial charge in [-0.25, -0.2) is 0 Å². The van der Waals surface area contributed by atoms with Crippen LogP contribution in [0.4, 0.5) is 0 Å². The monoisotopic (exact) mass is 264 g/mol. The van der Waals surface area contributed by atoms with Gasteiger partial charge < -0.3 is 9.88 Å². The Labute approximate surface area is 114 Å². The summed E-state index contributed by atoms with van der Waals surface area (Å²) < 4.78 is 1.42. The third-order valence-electron chi connectivity index (χ3n) is 3.11. The third kappa shape index (κ3) is 6.22. The molecule has 0 saturated heterocycles. The van der Waals surface area contributed by atoms with Gasteiger partial charge in [0.15, 0.2) is 0 Å². The molecular formula is C15H24N2O2. The van der Waals surface area contributed by atoms with E-state index < -0.39 is 0 Å². The fourth-order valence-electron chi connectivity index (χ4n) is 2.02. The van der Waals surface area contributed by atoms with E-state index in [1.165, 1.54) is 29.9 Å². The highest BCUT2D eigenvalue weighted by Crippen LogP contribution is 2.05.